The highest BCUT2D eigenvalue weighted by atomic mass is 35.5. The first-order chi connectivity index (χ1) is 12.9. The van der Waals surface area contributed by atoms with Gasteiger partial charge < -0.3 is 0 Å². The van der Waals surface area contributed by atoms with E-state index in [1.807, 2.05) is 30.6 Å². The van der Waals surface area contributed by atoms with E-state index in [2.05, 4.69) is 4.99 Å². The van der Waals surface area contributed by atoms with E-state index in [1.54, 1.807) is 18.3 Å². The fourth-order valence-electron chi connectivity index (χ4n) is 3.18. The number of allylic oxidation sites excluding steroid dienone is 2. The predicted octanol–water partition coefficient (Wildman–Crippen LogP) is 4.60. The Morgan fingerprint density at radius 1 is 1.04 bits per heavy atom. The molecule has 4 nitrogen and oxygen atoms in total. The zero-order chi connectivity index (χ0) is 19.1. The summed E-state index contributed by atoms with van der Waals surface area (Å²) in [5.41, 5.74) is 0.924. The second kappa shape index (κ2) is 6.56. The molecule has 2 aromatic rings. The highest BCUT2D eigenvalue weighted by Crippen LogP contribution is 2.31. The van der Waals surface area contributed by atoms with Crippen molar-refractivity contribution < 1.29 is 17.3 Å². The number of hydrogen-bond acceptors (Lipinski definition) is 3. The van der Waals surface area contributed by atoms with Crippen molar-refractivity contribution in [2.24, 2.45) is 4.99 Å². The number of fused-ring (bicyclic) bond motifs is 1. The number of nitrogens with zero attached hydrogens (tertiary/aromatic N) is 2. The van der Waals surface area contributed by atoms with Crippen molar-refractivity contribution in [3.05, 3.63) is 95.7 Å². The van der Waals surface area contributed by atoms with Gasteiger partial charge in [-0.25, -0.2) is 17.3 Å². The Morgan fingerprint density at radius 2 is 1.81 bits per heavy atom. The van der Waals surface area contributed by atoms with Gasteiger partial charge in [0, 0.05) is 11.6 Å². The van der Waals surface area contributed by atoms with Gasteiger partial charge in [-0.1, -0.05) is 29.8 Å². The van der Waals surface area contributed by atoms with Crippen LogP contribution < -0.4 is 0 Å². The molecule has 0 spiro atoms. The molecule has 0 aliphatic carbocycles. The summed E-state index contributed by atoms with van der Waals surface area (Å²) < 4.78 is 40.1. The monoisotopic (exact) mass is 401 g/mol. The molecule has 0 aromatic heterocycles. The molecule has 2 aliphatic rings. The van der Waals surface area contributed by atoms with Gasteiger partial charge in [0.15, 0.2) is 0 Å². The molecule has 0 fully saturated rings. The molecule has 136 valence electrons. The van der Waals surface area contributed by atoms with E-state index in [9.17, 15) is 12.8 Å². The summed E-state index contributed by atoms with van der Waals surface area (Å²) in [6.07, 6.45) is 11.6. The second-order valence-corrected chi connectivity index (χ2v) is 8.57. The molecular weight excluding hydrogens is 387 g/mol. The van der Waals surface area contributed by atoms with Crippen LogP contribution in [0, 0.1) is 5.82 Å². The molecule has 0 saturated heterocycles. The van der Waals surface area contributed by atoms with Crippen LogP contribution in [0.5, 0.6) is 0 Å². The quantitative estimate of drug-likeness (QED) is 0.703. The fourth-order valence-corrected chi connectivity index (χ4v) is 5.03. The molecule has 0 amide bonds. The van der Waals surface area contributed by atoms with E-state index < -0.39 is 20.5 Å². The average Bonchev–Trinajstić information content (AvgIpc) is 3.05. The van der Waals surface area contributed by atoms with Crippen molar-refractivity contribution in [2.45, 2.75) is 16.3 Å². The number of halogens is 2. The van der Waals surface area contributed by atoms with Gasteiger partial charge in [-0.3, -0.25) is 0 Å². The van der Waals surface area contributed by atoms with Crippen molar-refractivity contribution in [1.82, 2.24) is 0 Å². The summed E-state index contributed by atoms with van der Waals surface area (Å²) in [5.74, 6) is 0.0329. The van der Waals surface area contributed by atoms with E-state index in [-0.39, 0.29) is 9.92 Å². The lowest BCUT2D eigenvalue weighted by Gasteiger charge is -2.28. The Labute approximate surface area is 161 Å². The number of aliphatic imine (C=N–C) groups is 1. The molecule has 2 heterocycles. The average molecular weight is 402 g/mol. The van der Waals surface area contributed by atoms with Gasteiger partial charge in [-0.15, -0.1) is 0 Å². The van der Waals surface area contributed by atoms with Crippen LogP contribution in [0.3, 0.4) is 0 Å². The van der Waals surface area contributed by atoms with Crippen molar-refractivity contribution in [1.29, 1.82) is 0 Å². The van der Waals surface area contributed by atoms with E-state index in [4.69, 9.17) is 11.6 Å². The smallest absolute Gasteiger partial charge is 0.218 e. The van der Waals surface area contributed by atoms with Gasteiger partial charge in [0.05, 0.1) is 16.1 Å². The van der Waals surface area contributed by atoms with Gasteiger partial charge in [0.2, 0.25) is 15.7 Å². The van der Waals surface area contributed by atoms with Crippen LogP contribution in [0.15, 0.2) is 94.1 Å². The molecule has 7 heteroatoms. The maximum absolute atomic E-state index is 14.1. The first-order valence-electron chi connectivity index (χ1n) is 8.20. The van der Waals surface area contributed by atoms with Crippen molar-refractivity contribution in [2.75, 3.05) is 0 Å². The number of benzene rings is 2. The Balaban J connectivity index is 1.65. The molecule has 4 rings (SSSR count). The standard InChI is InChI=1S/C20H15ClFN2O2S/c21-17-4-3-5-18(22)20(17)27(25,26)16-9-7-15(8-10-16)14-24-12-2-1-6-19(24)23-11-13-24/h1-13H,14H2/q+1. The largest absolute Gasteiger partial charge is 0.237 e. The maximum Gasteiger partial charge on any atom is 0.237 e. The molecule has 0 radical (unpaired) electrons. The first-order valence-corrected chi connectivity index (χ1v) is 10.1. The summed E-state index contributed by atoms with van der Waals surface area (Å²) in [7, 11) is -4.04. The zero-order valence-electron chi connectivity index (χ0n) is 14.1. The Bertz CT molecular complexity index is 1110. The Morgan fingerprint density at radius 3 is 2.56 bits per heavy atom. The lowest BCUT2D eigenvalue weighted by atomic mass is 10.1. The summed E-state index contributed by atoms with van der Waals surface area (Å²) in [5, 5.41) is -0.134. The van der Waals surface area contributed by atoms with Crippen molar-refractivity contribution in [3.63, 3.8) is 0 Å². The van der Waals surface area contributed by atoms with Gasteiger partial charge in [-0.2, -0.15) is 4.99 Å². The molecule has 2 aliphatic heterocycles. The summed E-state index contributed by atoms with van der Waals surface area (Å²) in [4.78, 5) is 3.86. The predicted molar refractivity (Wildman–Crippen MR) is 102 cm³/mol. The third-order valence-corrected chi connectivity index (χ3v) is 6.81. The molecule has 0 bridgehead atoms. The van der Waals surface area contributed by atoms with Crippen LogP contribution in [0.4, 0.5) is 4.39 Å². The molecule has 0 saturated carbocycles. The van der Waals surface area contributed by atoms with E-state index >= 15 is 0 Å². The number of amidine groups is 1. The molecule has 1 unspecified atom stereocenters. The van der Waals surface area contributed by atoms with E-state index in [0.29, 0.717) is 11.0 Å². The lowest BCUT2D eigenvalue weighted by Crippen LogP contribution is -2.40. The minimum Gasteiger partial charge on any atom is -0.218 e. The van der Waals surface area contributed by atoms with Crippen LogP contribution >= 0.6 is 11.6 Å². The Hall–Kier alpha value is -2.54. The van der Waals surface area contributed by atoms with Crippen LogP contribution in [-0.2, 0) is 16.4 Å². The summed E-state index contributed by atoms with van der Waals surface area (Å²) in [6, 6.07) is 10.2. The van der Waals surface area contributed by atoms with E-state index in [1.165, 1.54) is 24.3 Å². The SMILES string of the molecule is O=S(=O)(c1ccc(C[N+]23C=CC=CC2=NC=C3)cc1)c1c(F)cccc1Cl. The number of hydrogen-bond donors (Lipinski definition) is 0. The zero-order valence-corrected chi connectivity index (χ0v) is 15.7. The number of sulfone groups is 1. The summed E-state index contributed by atoms with van der Waals surface area (Å²) in [6.45, 7) is 0.594. The first kappa shape index (κ1) is 17.9. The minimum absolute atomic E-state index is 0.00168. The lowest BCUT2D eigenvalue weighted by molar-refractivity contribution is -0.743. The van der Waals surface area contributed by atoms with Gasteiger partial charge >= 0.3 is 0 Å². The molecular formula is C20H15ClFN2O2S+. The molecule has 0 N–H and O–H groups in total. The number of quaternary nitrogens is 1. The maximum atomic E-state index is 14.1. The van der Waals surface area contributed by atoms with Crippen LogP contribution in [0.25, 0.3) is 0 Å². The minimum atomic E-state index is -4.04. The third kappa shape index (κ3) is 3.06. The normalized spacial score (nSPS) is 20.6. The van der Waals surface area contributed by atoms with Gasteiger partial charge in [0.25, 0.3) is 0 Å². The topological polar surface area (TPSA) is 46.5 Å². The van der Waals surface area contributed by atoms with Gasteiger partial charge in [0.1, 0.15) is 29.7 Å². The molecule has 1 atom stereocenters. The van der Waals surface area contributed by atoms with E-state index in [0.717, 1.165) is 17.5 Å². The number of rotatable bonds is 4. The van der Waals surface area contributed by atoms with Crippen molar-refractivity contribution >= 4 is 27.3 Å². The van der Waals surface area contributed by atoms with Gasteiger partial charge in [-0.05, 0) is 36.4 Å². The molecule has 2 aromatic carbocycles. The fraction of sp³-hybridized carbons (Fsp3) is 0.0500. The third-order valence-electron chi connectivity index (χ3n) is 4.54. The second-order valence-electron chi connectivity index (χ2n) is 6.27. The van der Waals surface area contributed by atoms with Crippen LogP contribution in [0.2, 0.25) is 5.02 Å². The van der Waals surface area contributed by atoms with Crippen molar-refractivity contribution in [3.8, 4) is 0 Å². The van der Waals surface area contributed by atoms with Crippen LogP contribution in [0.1, 0.15) is 5.56 Å². The summed E-state index contributed by atoms with van der Waals surface area (Å²) >= 11 is 5.93. The Kier molecular flexibility index (Phi) is 4.34. The molecule has 27 heavy (non-hydrogen) atoms. The highest BCUT2D eigenvalue weighted by Gasteiger charge is 2.33. The highest BCUT2D eigenvalue weighted by molar-refractivity contribution is 7.91. The van der Waals surface area contributed by atoms with Crippen LogP contribution in [-0.4, -0.2) is 18.7 Å².